The van der Waals surface area contributed by atoms with Crippen LogP contribution in [-0.4, -0.2) is 35.7 Å². The van der Waals surface area contributed by atoms with Gasteiger partial charge in [0.05, 0.1) is 12.1 Å². The summed E-state index contributed by atoms with van der Waals surface area (Å²) in [6, 6.07) is 0.0427. The van der Waals surface area contributed by atoms with Crippen molar-refractivity contribution < 1.29 is 9.90 Å². The van der Waals surface area contributed by atoms with Gasteiger partial charge in [0.2, 0.25) is 5.91 Å². The molecule has 0 radical (unpaired) electrons. The molecule has 1 saturated heterocycles. The summed E-state index contributed by atoms with van der Waals surface area (Å²) in [6.07, 6.45) is 9.40. The second kappa shape index (κ2) is 7.25. The first-order chi connectivity index (χ1) is 9.15. The zero-order valence-electron chi connectivity index (χ0n) is 12.0. The number of β-amino-alcohol motifs (C(OH)–C–C–N with tert-alkyl or cyclic N) is 1. The van der Waals surface area contributed by atoms with Crippen LogP contribution < -0.4 is 10.6 Å². The van der Waals surface area contributed by atoms with E-state index in [9.17, 15) is 9.90 Å². The fourth-order valence-corrected chi connectivity index (χ4v) is 3.29. The van der Waals surface area contributed by atoms with E-state index < -0.39 is 0 Å². The Morgan fingerprint density at radius 2 is 2.11 bits per heavy atom. The lowest BCUT2D eigenvalue weighted by Gasteiger charge is -2.24. The van der Waals surface area contributed by atoms with Gasteiger partial charge in [0, 0.05) is 12.6 Å². The summed E-state index contributed by atoms with van der Waals surface area (Å²) in [5.41, 5.74) is 0. The Kier molecular flexibility index (Phi) is 5.64. The molecular formula is C15H28N2O2. The van der Waals surface area contributed by atoms with E-state index in [4.69, 9.17) is 0 Å². The Balaban J connectivity index is 1.63. The Morgan fingerprint density at radius 3 is 2.74 bits per heavy atom. The van der Waals surface area contributed by atoms with Gasteiger partial charge in [-0.05, 0) is 32.1 Å². The first kappa shape index (κ1) is 14.8. The first-order valence-electron chi connectivity index (χ1n) is 7.87. The van der Waals surface area contributed by atoms with Crippen LogP contribution in [-0.2, 0) is 4.79 Å². The van der Waals surface area contributed by atoms with E-state index in [2.05, 4.69) is 17.6 Å². The summed E-state index contributed by atoms with van der Waals surface area (Å²) < 4.78 is 0. The fraction of sp³-hybridized carbons (Fsp3) is 0.933. The molecule has 110 valence electrons. The second-order valence-corrected chi connectivity index (χ2v) is 6.34. The van der Waals surface area contributed by atoms with Crippen molar-refractivity contribution in [1.82, 2.24) is 10.6 Å². The number of carbonyl (C=O) groups excluding carboxylic acids is 1. The van der Waals surface area contributed by atoms with Crippen molar-refractivity contribution in [2.45, 2.75) is 76.5 Å². The van der Waals surface area contributed by atoms with Gasteiger partial charge in [-0.25, -0.2) is 0 Å². The van der Waals surface area contributed by atoms with Crippen LogP contribution in [0, 0.1) is 5.92 Å². The molecule has 2 fully saturated rings. The van der Waals surface area contributed by atoms with Gasteiger partial charge < -0.3 is 15.7 Å². The zero-order valence-corrected chi connectivity index (χ0v) is 12.0. The number of carbonyl (C=O) groups is 1. The molecule has 1 heterocycles. The Morgan fingerprint density at radius 1 is 1.37 bits per heavy atom. The summed E-state index contributed by atoms with van der Waals surface area (Å²) in [7, 11) is 0. The molecule has 0 bridgehead atoms. The molecule has 0 aromatic carbocycles. The highest BCUT2D eigenvalue weighted by Gasteiger charge is 2.28. The van der Waals surface area contributed by atoms with Gasteiger partial charge in [-0.2, -0.15) is 0 Å². The molecule has 1 amide bonds. The molecule has 2 aliphatic rings. The molecule has 0 aromatic heterocycles. The standard InChI is InChI=1S/C15H28N2O2/c1-11(7-8-12-5-3-2-4-6-12)17-15(19)14-9-13(18)10-16-14/h11-14,16,18H,2-10H2,1H3,(H,17,19). The molecule has 3 atom stereocenters. The lowest BCUT2D eigenvalue weighted by atomic mass is 9.85. The predicted molar refractivity (Wildman–Crippen MR) is 75.8 cm³/mol. The molecule has 2 rings (SSSR count). The van der Waals surface area contributed by atoms with Gasteiger partial charge in [0.1, 0.15) is 0 Å². The van der Waals surface area contributed by atoms with Gasteiger partial charge in [-0.1, -0.05) is 32.1 Å². The first-order valence-corrected chi connectivity index (χ1v) is 7.87. The largest absolute Gasteiger partial charge is 0.392 e. The van der Waals surface area contributed by atoms with E-state index in [0.717, 1.165) is 12.3 Å². The van der Waals surface area contributed by atoms with Crippen molar-refractivity contribution in [2.24, 2.45) is 5.92 Å². The van der Waals surface area contributed by atoms with Crippen molar-refractivity contribution in [1.29, 1.82) is 0 Å². The Hall–Kier alpha value is -0.610. The van der Waals surface area contributed by atoms with Crippen molar-refractivity contribution in [3.63, 3.8) is 0 Å². The zero-order chi connectivity index (χ0) is 13.7. The van der Waals surface area contributed by atoms with Crippen molar-refractivity contribution >= 4 is 5.91 Å². The summed E-state index contributed by atoms with van der Waals surface area (Å²) in [5, 5.41) is 15.5. The van der Waals surface area contributed by atoms with Gasteiger partial charge in [0.15, 0.2) is 0 Å². The average molecular weight is 268 g/mol. The summed E-state index contributed by atoms with van der Waals surface area (Å²) in [5.74, 6) is 0.923. The molecule has 4 heteroatoms. The molecule has 0 aromatic rings. The highest BCUT2D eigenvalue weighted by atomic mass is 16.3. The molecule has 0 spiro atoms. The minimum Gasteiger partial charge on any atom is -0.392 e. The van der Waals surface area contributed by atoms with E-state index in [-0.39, 0.29) is 24.1 Å². The number of aliphatic hydroxyl groups is 1. The van der Waals surface area contributed by atoms with Gasteiger partial charge in [0.25, 0.3) is 0 Å². The number of rotatable bonds is 5. The molecule has 1 saturated carbocycles. The van der Waals surface area contributed by atoms with Crippen LogP contribution in [0.4, 0.5) is 0 Å². The molecule has 1 aliphatic heterocycles. The summed E-state index contributed by atoms with van der Waals surface area (Å²) in [4.78, 5) is 12.0. The van der Waals surface area contributed by atoms with Crippen molar-refractivity contribution in [3.8, 4) is 0 Å². The average Bonchev–Trinajstić information content (AvgIpc) is 2.84. The SMILES string of the molecule is CC(CCC1CCCCC1)NC(=O)C1CC(O)CN1. The van der Waals surface area contributed by atoms with Gasteiger partial charge in [-0.15, -0.1) is 0 Å². The molecule has 3 N–H and O–H groups in total. The second-order valence-electron chi connectivity index (χ2n) is 6.34. The molecule has 3 unspecified atom stereocenters. The maximum absolute atomic E-state index is 12.0. The highest BCUT2D eigenvalue weighted by molar-refractivity contribution is 5.82. The number of amides is 1. The van der Waals surface area contributed by atoms with E-state index in [1.54, 1.807) is 0 Å². The summed E-state index contributed by atoms with van der Waals surface area (Å²) >= 11 is 0. The minimum atomic E-state index is -0.367. The monoisotopic (exact) mass is 268 g/mol. The van der Waals surface area contributed by atoms with Crippen LogP contribution >= 0.6 is 0 Å². The third kappa shape index (κ3) is 4.77. The number of nitrogens with one attached hydrogen (secondary N) is 2. The van der Waals surface area contributed by atoms with Gasteiger partial charge in [-0.3, -0.25) is 4.79 Å². The number of hydrogen-bond donors (Lipinski definition) is 3. The van der Waals surface area contributed by atoms with Crippen molar-refractivity contribution in [2.75, 3.05) is 6.54 Å². The summed E-state index contributed by atoms with van der Waals surface area (Å²) in [6.45, 7) is 2.63. The maximum Gasteiger partial charge on any atom is 0.237 e. The van der Waals surface area contributed by atoms with E-state index in [1.165, 1.54) is 38.5 Å². The lowest BCUT2D eigenvalue weighted by molar-refractivity contribution is -0.123. The van der Waals surface area contributed by atoms with Gasteiger partial charge >= 0.3 is 0 Å². The third-order valence-corrected chi connectivity index (χ3v) is 4.55. The smallest absolute Gasteiger partial charge is 0.237 e. The lowest BCUT2D eigenvalue weighted by Crippen LogP contribution is -2.44. The maximum atomic E-state index is 12.0. The van der Waals surface area contributed by atoms with Crippen molar-refractivity contribution in [3.05, 3.63) is 0 Å². The third-order valence-electron chi connectivity index (χ3n) is 4.55. The highest BCUT2D eigenvalue weighted by Crippen LogP contribution is 2.27. The number of aliphatic hydroxyl groups excluding tert-OH is 1. The van der Waals surface area contributed by atoms with Crippen LogP contribution in [0.3, 0.4) is 0 Å². The topological polar surface area (TPSA) is 61.4 Å². The Bertz CT molecular complexity index is 290. The van der Waals surface area contributed by atoms with E-state index in [1.807, 2.05) is 0 Å². The van der Waals surface area contributed by atoms with E-state index >= 15 is 0 Å². The molecule has 1 aliphatic carbocycles. The van der Waals surface area contributed by atoms with E-state index in [0.29, 0.717) is 13.0 Å². The minimum absolute atomic E-state index is 0.0488. The predicted octanol–water partition coefficient (Wildman–Crippen LogP) is 1.57. The fourth-order valence-electron chi connectivity index (χ4n) is 3.29. The number of hydrogen-bond acceptors (Lipinski definition) is 3. The van der Waals surface area contributed by atoms with Crippen LogP contribution in [0.2, 0.25) is 0 Å². The van der Waals surface area contributed by atoms with Crippen LogP contribution in [0.25, 0.3) is 0 Å². The van der Waals surface area contributed by atoms with Crippen LogP contribution in [0.15, 0.2) is 0 Å². The molecular weight excluding hydrogens is 240 g/mol. The van der Waals surface area contributed by atoms with Crippen LogP contribution in [0.5, 0.6) is 0 Å². The quantitative estimate of drug-likeness (QED) is 0.709. The normalized spacial score (nSPS) is 30.2. The Labute approximate surface area is 116 Å². The molecule has 19 heavy (non-hydrogen) atoms. The van der Waals surface area contributed by atoms with Crippen LogP contribution in [0.1, 0.15) is 58.3 Å². The molecule has 4 nitrogen and oxygen atoms in total.